The number of nitrogens with two attached hydrogens (primary N) is 2. The molecule has 0 radical (unpaired) electrons. The Morgan fingerprint density at radius 3 is 2.35 bits per heavy atom. The molecule has 1 atom stereocenters. The summed E-state index contributed by atoms with van der Waals surface area (Å²) < 4.78 is 48.7. The van der Waals surface area contributed by atoms with Crippen LogP contribution in [0.5, 0.6) is 0 Å². The zero-order valence-electron chi connectivity index (χ0n) is 12.7. The number of carbonyl (C=O) groups excluding carboxylic acids is 1. The lowest BCUT2D eigenvalue weighted by Gasteiger charge is -2.46. The van der Waals surface area contributed by atoms with Gasteiger partial charge in [0.15, 0.2) is 11.1 Å². The molecule has 23 heavy (non-hydrogen) atoms. The fraction of sp³-hybridized carbons (Fsp3) is 0.429. The van der Waals surface area contributed by atoms with Gasteiger partial charge >= 0.3 is 5.92 Å². The zero-order valence-corrected chi connectivity index (χ0v) is 13.5. The maximum atomic E-state index is 14.8. The lowest BCUT2D eigenvalue weighted by molar-refractivity contribution is -0.207. The van der Waals surface area contributed by atoms with Crippen molar-refractivity contribution in [2.45, 2.75) is 37.8 Å². The van der Waals surface area contributed by atoms with Crippen LogP contribution in [-0.2, 0) is 10.3 Å². The predicted molar refractivity (Wildman–Crippen MR) is 81.3 cm³/mol. The SMILES string of the molecule is CC1(C)OC(N)=N[C@](C)(c2cc(C(N)=O)ccc2F)C1(F)F.Cl. The number of carbonyl (C=O) groups is 1. The quantitative estimate of drug-likeness (QED) is 0.856. The molecule has 1 heterocycles. The molecule has 5 nitrogen and oxygen atoms in total. The standard InChI is InChI=1S/C14H16F3N3O2.ClH/c1-12(2)14(16,17)13(3,20-11(19)22-12)8-6-7(10(18)21)4-5-9(8)15;/h4-6H,1-3H3,(H2,18,21)(H2,19,20);1H/t13-;/m1./s1. The maximum absolute atomic E-state index is 14.8. The summed E-state index contributed by atoms with van der Waals surface area (Å²) in [7, 11) is 0. The third-order valence-corrected chi connectivity index (χ3v) is 3.84. The highest BCUT2D eigenvalue weighted by atomic mass is 35.5. The van der Waals surface area contributed by atoms with E-state index in [9.17, 15) is 18.0 Å². The number of amidine groups is 1. The average Bonchev–Trinajstić information content (AvgIpc) is 2.35. The molecule has 128 valence electrons. The molecule has 0 aliphatic carbocycles. The molecule has 0 fully saturated rings. The molecule has 0 saturated heterocycles. The number of nitrogens with zero attached hydrogens (tertiary/aromatic N) is 1. The summed E-state index contributed by atoms with van der Waals surface area (Å²) in [4.78, 5) is 14.9. The fourth-order valence-electron chi connectivity index (χ4n) is 2.51. The number of halogens is 4. The number of amides is 1. The molecule has 0 spiro atoms. The fourth-order valence-corrected chi connectivity index (χ4v) is 2.51. The first-order chi connectivity index (χ1) is 9.92. The van der Waals surface area contributed by atoms with Crippen LogP contribution in [0.1, 0.15) is 36.7 Å². The number of primary amides is 1. The Bertz CT molecular complexity index is 679. The van der Waals surface area contributed by atoms with Crippen LogP contribution in [-0.4, -0.2) is 23.5 Å². The van der Waals surface area contributed by atoms with E-state index < -0.39 is 40.4 Å². The topological polar surface area (TPSA) is 90.7 Å². The van der Waals surface area contributed by atoms with Crippen molar-refractivity contribution in [2.24, 2.45) is 16.5 Å². The number of rotatable bonds is 2. The lowest BCUT2D eigenvalue weighted by Crippen LogP contribution is -2.62. The van der Waals surface area contributed by atoms with Crippen molar-refractivity contribution in [2.75, 3.05) is 0 Å². The highest BCUT2D eigenvalue weighted by molar-refractivity contribution is 5.93. The van der Waals surface area contributed by atoms with Gasteiger partial charge in [0.1, 0.15) is 5.82 Å². The highest BCUT2D eigenvalue weighted by Crippen LogP contribution is 2.51. The Hall–Kier alpha value is -1.96. The first-order valence-electron chi connectivity index (χ1n) is 6.44. The summed E-state index contributed by atoms with van der Waals surface area (Å²) in [6.07, 6.45) is 0. The van der Waals surface area contributed by atoms with Crippen molar-refractivity contribution in [3.8, 4) is 0 Å². The van der Waals surface area contributed by atoms with E-state index in [2.05, 4.69) is 4.99 Å². The van der Waals surface area contributed by atoms with Gasteiger partial charge in [-0.2, -0.15) is 8.78 Å². The molecular formula is C14H17ClF3N3O2. The summed E-state index contributed by atoms with van der Waals surface area (Å²) in [6, 6.07) is 2.48. The van der Waals surface area contributed by atoms with Gasteiger partial charge in [-0.25, -0.2) is 9.38 Å². The Morgan fingerprint density at radius 2 is 1.83 bits per heavy atom. The largest absolute Gasteiger partial charge is 0.453 e. The summed E-state index contributed by atoms with van der Waals surface area (Å²) in [5.74, 6) is -5.40. The van der Waals surface area contributed by atoms with Crippen LogP contribution in [0.25, 0.3) is 0 Å². The minimum absolute atomic E-state index is 0. The molecule has 1 aliphatic heterocycles. The van der Waals surface area contributed by atoms with Crippen LogP contribution in [0, 0.1) is 5.82 Å². The molecule has 9 heteroatoms. The van der Waals surface area contributed by atoms with Crippen LogP contribution in [0.3, 0.4) is 0 Å². The normalized spacial score (nSPS) is 24.9. The zero-order chi connectivity index (χ0) is 16.9. The maximum Gasteiger partial charge on any atom is 0.315 e. The molecule has 1 amide bonds. The van der Waals surface area contributed by atoms with Gasteiger partial charge in [-0.15, -0.1) is 12.4 Å². The van der Waals surface area contributed by atoms with Gasteiger partial charge in [-0.1, -0.05) is 0 Å². The lowest BCUT2D eigenvalue weighted by atomic mass is 9.77. The van der Waals surface area contributed by atoms with Crippen molar-refractivity contribution >= 4 is 24.3 Å². The third-order valence-electron chi connectivity index (χ3n) is 3.84. The van der Waals surface area contributed by atoms with Crippen LogP contribution >= 0.6 is 12.4 Å². The van der Waals surface area contributed by atoms with Crippen molar-refractivity contribution in [1.29, 1.82) is 0 Å². The van der Waals surface area contributed by atoms with E-state index in [1.54, 1.807) is 0 Å². The highest BCUT2D eigenvalue weighted by Gasteiger charge is 2.66. The Morgan fingerprint density at radius 1 is 1.26 bits per heavy atom. The van der Waals surface area contributed by atoms with Gasteiger partial charge in [0.25, 0.3) is 6.02 Å². The number of ether oxygens (including phenoxy) is 1. The number of hydrogen-bond donors (Lipinski definition) is 2. The Labute approximate surface area is 137 Å². The van der Waals surface area contributed by atoms with E-state index in [0.717, 1.165) is 39.0 Å². The minimum atomic E-state index is -3.60. The second-order valence-corrected chi connectivity index (χ2v) is 5.77. The second kappa shape index (κ2) is 5.59. The van der Waals surface area contributed by atoms with Crippen molar-refractivity contribution < 1.29 is 22.7 Å². The van der Waals surface area contributed by atoms with E-state index in [1.165, 1.54) is 0 Å². The van der Waals surface area contributed by atoms with Gasteiger partial charge < -0.3 is 16.2 Å². The Kier molecular flexibility index (Phi) is 4.64. The van der Waals surface area contributed by atoms with Crippen molar-refractivity contribution in [3.05, 3.63) is 35.1 Å². The number of aliphatic imine (C=N–C) groups is 1. The first-order valence-corrected chi connectivity index (χ1v) is 6.44. The summed E-state index contributed by atoms with van der Waals surface area (Å²) in [5.41, 5.74) is 5.66. The third kappa shape index (κ3) is 2.71. The summed E-state index contributed by atoms with van der Waals surface area (Å²) in [6.45, 7) is 3.29. The monoisotopic (exact) mass is 351 g/mol. The van der Waals surface area contributed by atoms with Crippen LogP contribution in [0.2, 0.25) is 0 Å². The average molecular weight is 352 g/mol. The van der Waals surface area contributed by atoms with Crippen LogP contribution in [0.15, 0.2) is 23.2 Å². The van der Waals surface area contributed by atoms with Gasteiger partial charge in [-0.3, -0.25) is 4.79 Å². The van der Waals surface area contributed by atoms with Crippen molar-refractivity contribution in [3.63, 3.8) is 0 Å². The van der Waals surface area contributed by atoms with Crippen molar-refractivity contribution in [1.82, 2.24) is 0 Å². The summed E-state index contributed by atoms with van der Waals surface area (Å²) >= 11 is 0. The summed E-state index contributed by atoms with van der Waals surface area (Å²) in [5, 5.41) is 0. The molecule has 2 rings (SSSR count). The van der Waals surface area contributed by atoms with Gasteiger partial charge in [0, 0.05) is 11.1 Å². The van der Waals surface area contributed by atoms with Gasteiger partial charge in [-0.05, 0) is 39.0 Å². The van der Waals surface area contributed by atoms with Crippen LogP contribution < -0.4 is 11.5 Å². The molecule has 0 unspecified atom stereocenters. The van der Waals surface area contributed by atoms with Gasteiger partial charge in [0.2, 0.25) is 5.91 Å². The molecular weight excluding hydrogens is 335 g/mol. The van der Waals surface area contributed by atoms with Gasteiger partial charge in [0.05, 0.1) is 0 Å². The van der Waals surface area contributed by atoms with Crippen LogP contribution in [0.4, 0.5) is 13.2 Å². The smallest absolute Gasteiger partial charge is 0.315 e. The second-order valence-electron chi connectivity index (χ2n) is 5.77. The Balaban J connectivity index is 0.00000264. The predicted octanol–water partition coefficient (Wildman–Crippen LogP) is 2.32. The molecule has 4 N–H and O–H groups in total. The molecule has 0 saturated carbocycles. The minimum Gasteiger partial charge on any atom is -0.453 e. The number of benzene rings is 1. The number of alkyl halides is 2. The van der Waals surface area contributed by atoms with E-state index in [4.69, 9.17) is 16.2 Å². The van der Waals surface area contributed by atoms with E-state index in [0.29, 0.717) is 0 Å². The van der Waals surface area contributed by atoms with E-state index in [-0.39, 0.29) is 18.0 Å². The molecule has 1 aromatic carbocycles. The number of hydrogen-bond acceptors (Lipinski definition) is 4. The van der Waals surface area contributed by atoms with E-state index in [1.807, 2.05) is 0 Å². The van der Waals surface area contributed by atoms with E-state index >= 15 is 0 Å². The molecule has 0 aromatic heterocycles. The first kappa shape index (κ1) is 19.1. The molecule has 1 aliphatic rings. The molecule has 0 bridgehead atoms. The molecule has 1 aromatic rings.